The Kier molecular flexibility index (Phi) is 5.60. The molecular formula is C22H28FN3O5. The molecule has 0 radical (unpaired) electrons. The number of aromatic nitrogens is 2. The summed E-state index contributed by atoms with van der Waals surface area (Å²) in [6.45, 7) is 10.2. The minimum absolute atomic E-state index is 0.0278. The van der Waals surface area contributed by atoms with Crippen LogP contribution in [0.25, 0.3) is 11.3 Å². The van der Waals surface area contributed by atoms with Gasteiger partial charge in [0, 0.05) is 23.9 Å². The van der Waals surface area contributed by atoms with Gasteiger partial charge in [0.2, 0.25) is 0 Å². The third-order valence-corrected chi connectivity index (χ3v) is 4.49. The Hall–Kier alpha value is -2.94. The SMILES string of the molecule is CC(C)(C)OC(=O)N1CCc2cc(-c3ccn(C(=O)OC(C)(C)C)n3)ccc2C1(O)F. The van der Waals surface area contributed by atoms with Gasteiger partial charge in [-0.25, -0.2) is 14.5 Å². The number of amides is 1. The Morgan fingerprint density at radius 2 is 1.68 bits per heavy atom. The first kappa shape index (κ1) is 22.7. The van der Waals surface area contributed by atoms with E-state index in [-0.39, 0.29) is 12.1 Å². The van der Waals surface area contributed by atoms with E-state index in [0.717, 1.165) is 4.68 Å². The fourth-order valence-corrected chi connectivity index (χ4v) is 3.21. The number of ether oxygens (including phenoxy) is 2. The lowest BCUT2D eigenvalue weighted by Crippen LogP contribution is -2.52. The number of halogens is 1. The molecule has 2 heterocycles. The molecule has 1 atom stereocenters. The summed E-state index contributed by atoms with van der Waals surface area (Å²) in [5.74, 6) is -3.00. The highest BCUT2D eigenvalue weighted by Crippen LogP contribution is 2.37. The maximum atomic E-state index is 15.3. The summed E-state index contributed by atoms with van der Waals surface area (Å²) >= 11 is 0. The molecule has 0 aliphatic carbocycles. The molecule has 2 aromatic rings. The van der Waals surface area contributed by atoms with E-state index in [4.69, 9.17) is 9.47 Å². The van der Waals surface area contributed by atoms with Crippen molar-refractivity contribution in [2.24, 2.45) is 0 Å². The van der Waals surface area contributed by atoms with Crippen molar-refractivity contribution in [2.75, 3.05) is 6.54 Å². The molecule has 1 aromatic carbocycles. The number of benzene rings is 1. The molecule has 0 bridgehead atoms. The average Bonchev–Trinajstić information content (AvgIpc) is 3.08. The summed E-state index contributed by atoms with van der Waals surface area (Å²) < 4.78 is 26.8. The Morgan fingerprint density at radius 1 is 1.06 bits per heavy atom. The highest BCUT2D eigenvalue weighted by molar-refractivity contribution is 5.72. The van der Waals surface area contributed by atoms with Gasteiger partial charge in [-0.1, -0.05) is 12.1 Å². The number of fused-ring (bicyclic) bond motifs is 1. The second-order valence-electron chi connectivity index (χ2n) is 9.47. The molecule has 1 aliphatic heterocycles. The summed E-state index contributed by atoms with van der Waals surface area (Å²) in [7, 11) is 0. The van der Waals surface area contributed by atoms with E-state index in [2.05, 4.69) is 5.10 Å². The van der Waals surface area contributed by atoms with E-state index < -0.39 is 29.4 Å². The molecule has 1 unspecified atom stereocenters. The third kappa shape index (κ3) is 5.04. The second kappa shape index (κ2) is 7.64. The summed E-state index contributed by atoms with van der Waals surface area (Å²) in [4.78, 5) is 25.2. The van der Waals surface area contributed by atoms with E-state index in [9.17, 15) is 14.7 Å². The molecule has 1 aromatic heterocycles. The minimum atomic E-state index is -3.00. The van der Waals surface area contributed by atoms with Gasteiger partial charge < -0.3 is 14.6 Å². The maximum Gasteiger partial charge on any atom is 0.435 e. The predicted octanol–water partition coefficient (Wildman–Crippen LogP) is 4.20. The van der Waals surface area contributed by atoms with Crippen LogP contribution in [0.1, 0.15) is 52.7 Å². The molecule has 0 saturated carbocycles. The lowest BCUT2D eigenvalue weighted by atomic mass is 9.94. The molecule has 0 fully saturated rings. The molecular weight excluding hydrogens is 405 g/mol. The zero-order valence-corrected chi connectivity index (χ0v) is 18.6. The zero-order valence-electron chi connectivity index (χ0n) is 18.6. The Morgan fingerprint density at radius 3 is 2.29 bits per heavy atom. The quantitative estimate of drug-likeness (QED) is 0.678. The van der Waals surface area contributed by atoms with E-state index in [1.54, 1.807) is 59.7 Å². The molecule has 9 heteroatoms. The molecule has 1 aliphatic rings. The van der Waals surface area contributed by atoms with Crippen LogP contribution in [-0.2, 0) is 21.9 Å². The zero-order chi connectivity index (χ0) is 23.2. The first-order valence-electron chi connectivity index (χ1n) is 10.0. The Balaban J connectivity index is 1.84. The van der Waals surface area contributed by atoms with Gasteiger partial charge in [-0.15, -0.1) is 0 Å². The minimum Gasteiger partial charge on any atom is -0.444 e. The summed E-state index contributed by atoms with van der Waals surface area (Å²) in [6, 6.07) is 6.31. The molecule has 0 saturated heterocycles. The first-order chi connectivity index (χ1) is 14.2. The highest BCUT2D eigenvalue weighted by Gasteiger charge is 2.46. The molecule has 168 valence electrons. The van der Waals surface area contributed by atoms with Gasteiger partial charge >= 0.3 is 18.2 Å². The normalized spacial score (nSPS) is 19.0. The van der Waals surface area contributed by atoms with Gasteiger partial charge in [-0.3, -0.25) is 0 Å². The Bertz CT molecular complexity index is 1000. The van der Waals surface area contributed by atoms with Crippen molar-refractivity contribution in [1.82, 2.24) is 14.7 Å². The van der Waals surface area contributed by atoms with Crippen molar-refractivity contribution >= 4 is 12.2 Å². The van der Waals surface area contributed by atoms with Gasteiger partial charge in [0.1, 0.15) is 11.2 Å². The van der Waals surface area contributed by atoms with Crippen molar-refractivity contribution in [3.05, 3.63) is 41.6 Å². The number of carbonyl (C=O) groups is 2. The van der Waals surface area contributed by atoms with Crippen molar-refractivity contribution in [3.63, 3.8) is 0 Å². The number of aliphatic hydroxyl groups is 1. The van der Waals surface area contributed by atoms with E-state index in [1.165, 1.54) is 12.3 Å². The summed E-state index contributed by atoms with van der Waals surface area (Å²) in [5.41, 5.74) is 0.174. The number of alkyl halides is 1. The monoisotopic (exact) mass is 433 g/mol. The third-order valence-electron chi connectivity index (χ3n) is 4.49. The average molecular weight is 433 g/mol. The number of carbonyl (C=O) groups excluding carboxylic acids is 2. The predicted molar refractivity (Wildman–Crippen MR) is 111 cm³/mol. The van der Waals surface area contributed by atoms with Crippen LogP contribution >= 0.6 is 0 Å². The fraction of sp³-hybridized carbons (Fsp3) is 0.500. The van der Waals surface area contributed by atoms with Gasteiger partial charge in [-0.2, -0.15) is 14.2 Å². The summed E-state index contributed by atoms with van der Waals surface area (Å²) in [5, 5.41) is 14.7. The number of nitrogens with zero attached hydrogens (tertiary/aromatic N) is 3. The van der Waals surface area contributed by atoms with Gasteiger partial charge in [0.05, 0.1) is 5.69 Å². The molecule has 8 nitrogen and oxygen atoms in total. The van der Waals surface area contributed by atoms with Crippen LogP contribution in [0.15, 0.2) is 30.5 Å². The number of rotatable bonds is 1. The standard InChI is InChI=1S/C22H28FN3O5/c1-20(2,3)30-18(27)25-11-9-14-13-15(7-8-16(14)22(25,23)29)17-10-12-26(24-17)19(28)31-21(4,5)6/h7-8,10,12-13,29H,9,11H2,1-6H3. The molecule has 0 spiro atoms. The topological polar surface area (TPSA) is 93.9 Å². The van der Waals surface area contributed by atoms with Gasteiger partial charge in [0.15, 0.2) is 0 Å². The van der Waals surface area contributed by atoms with Crippen molar-refractivity contribution in [1.29, 1.82) is 0 Å². The number of hydrogen-bond donors (Lipinski definition) is 1. The maximum absolute atomic E-state index is 15.3. The van der Waals surface area contributed by atoms with E-state index in [1.807, 2.05) is 0 Å². The van der Waals surface area contributed by atoms with Crippen LogP contribution in [0.4, 0.5) is 14.0 Å². The van der Waals surface area contributed by atoms with Crippen molar-refractivity contribution in [3.8, 4) is 11.3 Å². The van der Waals surface area contributed by atoms with Crippen LogP contribution in [0.3, 0.4) is 0 Å². The van der Waals surface area contributed by atoms with Crippen LogP contribution < -0.4 is 0 Å². The fourth-order valence-electron chi connectivity index (χ4n) is 3.21. The van der Waals surface area contributed by atoms with Crippen LogP contribution in [0, 0.1) is 0 Å². The van der Waals surface area contributed by atoms with Gasteiger partial charge in [0.25, 0.3) is 0 Å². The van der Waals surface area contributed by atoms with E-state index >= 15 is 4.39 Å². The van der Waals surface area contributed by atoms with Crippen molar-refractivity contribution < 1.29 is 28.6 Å². The molecule has 1 amide bonds. The summed E-state index contributed by atoms with van der Waals surface area (Å²) in [6.07, 6.45) is 0.270. The van der Waals surface area contributed by atoms with Gasteiger partial charge in [-0.05, 0) is 65.7 Å². The molecule has 1 N–H and O–H groups in total. The molecule has 31 heavy (non-hydrogen) atoms. The Labute approximate surface area is 180 Å². The molecule has 3 rings (SSSR count). The first-order valence-corrected chi connectivity index (χ1v) is 10.0. The van der Waals surface area contributed by atoms with Crippen LogP contribution in [0.2, 0.25) is 0 Å². The lowest BCUT2D eigenvalue weighted by Gasteiger charge is -2.39. The van der Waals surface area contributed by atoms with Crippen LogP contribution in [0.5, 0.6) is 0 Å². The lowest BCUT2D eigenvalue weighted by molar-refractivity contribution is -0.212. The smallest absolute Gasteiger partial charge is 0.435 e. The number of hydrogen-bond acceptors (Lipinski definition) is 6. The largest absolute Gasteiger partial charge is 0.444 e. The van der Waals surface area contributed by atoms with Crippen LogP contribution in [-0.4, -0.2) is 49.7 Å². The van der Waals surface area contributed by atoms with Crippen molar-refractivity contribution in [2.45, 2.75) is 65.1 Å². The highest BCUT2D eigenvalue weighted by atomic mass is 19.2. The van der Waals surface area contributed by atoms with E-state index in [0.29, 0.717) is 28.1 Å². The second-order valence-corrected chi connectivity index (χ2v) is 9.47.